The monoisotopic (exact) mass is 235 g/mol. The van der Waals surface area contributed by atoms with Gasteiger partial charge in [0.15, 0.2) is 0 Å². The standard InChI is InChI=1S/C12H13NO4/c1-3-17-12(16)11(15)8(2)10(14)9-4-6-13-7-5-9/h4-7,14H,3H2,1-2H3/b10-8-. The van der Waals surface area contributed by atoms with Crippen molar-refractivity contribution in [2.75, 3.05) is 6.61 Å². The largest absolute Gasteiger partial charge is 0.507 e. The summed E-state index contributed by atoms with van der Waals surface area (Å²) in [4.78, 5) is 26.5. The van der Waals surface area contributed by atoms with E-state index >= 15 is 0 Å². The molecule has 0 spiro atoms. The maximum absolute atomic E-state index is 11.5. The maximum atomic E-state index is 11.5. The van der Waals surface area contributed by atoms with Crippen LogP contribution in [0, 0.1) is 0 Å². The van der Waals surface area contributed by atoms with Crippen LogP contribution in [-0.2, 0) is 14.3 Å². The number of aliphatic hydroxyl groups excluding tert-OH is 1. The van der Waals surface area contributed by atoms with Gasteiger partial charge in [-0.15, -0.1) is 0 Å². The summed E-state index contributed by atoms with van der Waals surface area (Å²) in [6, 6.07) is 3.08. The van der Waals surface area contributed by atoms with Gasteiger partial charge in [-0.05, 0) is 26.0 Å². The minimum atomic E-state index is -0.967. The Morgan fingerprint density at radius 2 is 1.94 bits per heavy atom. The van der Waals surface area contributed by atoms with Gasteiger partial charge in [0.05, 0.1) is 6.61 Å². The molecular weight excluding hydrogens is 222 g/mol. The number of carbonyl (C=O) groups is 2. The van der Waals surface area contributed by atoms with Crippen LogP contribution < -0.4 is 0 Å². The number of esters is 1. The van der Waals surface area contributed by atoms with Crippen molar-refractivity contribution in [2.45, 2.75) is 13.8 Å². The fourth-order valence-electron chi connectivity index (χ4n) is 1.18. The molecule has 0 unspecified atom stereocenters. The Hall–Kier alpha value is -2.17. The fourth-order valence-corrected chi connectivity index (χ4v) is 1.18. The van der Waals surface area contributed by atoms with Crippen molar-refractivity contribution < 1.29 is 19.4 Å². The van der Waals surface area contributed by atoms with Gasteiger partial charge in [0.2, 0.25) is 0 Å². The first-order chi connectivity index (χ1) is 8.07. The highest BCUT2D eigenvalue weighted by atomic mass is 16.5. The van der Waals surface area contributed by atoms with Crippen molar-refractivity contribution in [3.63, 3.8) is 0 Å². The molecule has 0 radical (unpaired) electrons. The molecule has 0 fully saturated rings. The van der Waals surface area contributed by atoms with Crippen molar-refractivity contribution in [3.8, 4) is 0 Å². The molecule has 1 heterocycles. The molecule has 1 N–H and O–H groups in total. The number of carbonyl (C=O) groups excluding carboxylic acids is 2. The molecule has 0 aromatic carbocycles. The summed E-state index contributed by atoms with van der Waals surface area (Å²) in [7, 11) is 0. The van der Waals surface area contributed by atoms with E-state index in [1.54, 1.807) is 6.92 Å². The van der Waals surface area contributed by atoms with Gasteiger partial charge in [-0.3, -0.25) is 9.78 Å². The lowest BCUT2D eigenvalue weighted by atomic mass is 10.1. The lowest BCUT2D eigenvalue weighted by Crippen LogP contribution is -2.19. The maximum Gasteiger partial charge on any atom is 0.379 e. The Bertz CT molecular complexity index is 451. The molecule has 0 atom stereocenters. The van der Waals surface area contributed by atoms with Crippen molar-refractivity contribution in [2.24, 2.45) is 0 Å². The van der Waals surface area contributed by atoms with Crippen LogP contribution >= 0.6 is 0 Å². The van der Waals surface area contributed by atoms with E-state index in [1.807, 2.05) is 0 Å². The van der Waals surface area contributed by atoms with Crippen LogP contribution in [0.25, 0.3) is 5.76 Å². The van der Waals surface area contributed by atoms with Gasteiger partial charge in [0.25, 0.3) is 5.78 Å². The Morgan fingerprint density at radius 3 is 2.47 bits per heavy atom. The number of ketones is 1. The average Bonchev–Trinajstić information content (AvgIpc) is 2.37. The molecule has 1 aromatic rings. The molecule has 0 saturated heterocycles. The SMILES string of the molecule is CCOC(=O)C(=O)/C(C)=C(\O)c1ccncc1. The molecule has 5 heteroatoms. The third-order valence-corrected chi connectivity index (χ3v) is 2.11. The summed E-state index contributed by atoms with van der Waals surface area (Å²) >= 11 is 0. The number of Topliss-reactive ketones (excluding diaryl/α,β-unsaturated/α-hetero) is 1. The molecule has 0 amide bonds. The molecule has 1 rings (SSSR count). The van der Waals surface area contributed by atoms with Crippen LogP contribution in [0.1, 0.15) is 19.4 Å². The summed E-state index contributed by atoms with van der Waals surface area (Å²) in [5.41, 5.74) is 0.379. The minimum absolute atomic E-state index is 0.0466. The minimum Gasteiger partial charge on any atom is -0.507 e. The number of hydrogen-bond donors (Lipinski definition) is 1. The van der Waals surface area contributed by atoms with E-state index < -0.39 is 11.8 Å². The molecule has 0 aliphatic heterocycles. The summed E-state index contributed by atoms with van der Waals surface area (Å²) in [6.45, 7) is 3.09. The average molecular weight is 235 g/mol. The van der Waals surface area contributed by atoms with E-state index in [-0.39, 0.29) is 17.9 Å². The van der Waals surface area contributed by atoms with Gasteiger partial charge in [-0.2, -0.15) is 0 Å². The van der Waals surface area contributed by atoms with Gasteiger partial charge in [0, 0.05) is 23.5 Å². The Labute approximate surface area is 98.7 Å². The lowest BCUT2D eigenvalue weighted by Gasteiger charge is -2.05. The second kappa shape index (κ2) is 5.79. The van der Waals surface area contributed by atoms with Gasteiger partial charge >= 0.3 is 5.97 Å². The first-order valence-electron chi connectivity index (χ1n) is 5.09. The first-order valence-corrected chi connectivity index (χ1v) is 5.09. The van der Waals surface area contributed by atoms with Crippen LogP contribution in [0.15, 0.2) is 30.1 Å². The third-order valence-electron chi connectivity index (χ3n) is 2.11. The topological polar surface area (TPSA) is 76.5 Å². The molecule has 5 nitrogen and oxygen atoms in total. The molecule has 90 valence electrons. The number of aliphatic hydroxyl groups is 1. The molecule has 0 aliphatic rings. The highest BCUT2D eigenvalue weighted by molar-refractivity contribution is 6.41. The van der Waals surface area contributed by atoms with E-state index in [2.05, 4.69) is 9.72 Å². The number of rotatable bonds is 4. The van der Waals surface area contributed by atoms with Crippen molar-refractivity contribution >= 4 is 17.5 Å². The second-order valence-corrected chi connectivity index (χ2v) is 3.26. The zero-order chi connectivity index (χ0) is 12.8. The zero-order valence-corrected chi connectivity index (χ0v) is 9.64. The summed E-state index contributed by atoms with van der Waals surface area (Å²) in [5, 5.41) is 9.80. The molecular formula is C12H13NO4. The van der Waals surface area contributed by atoms with Crippen LogP contribution in [0.2, 0.25) is 0 Å². The van der Waals surface area contributed by atoms with Crippen molar-refractivity contribution in [1.82, 2.24) is 4.98 Å². The Kier molecular flexibility index (Phi) is 4.39. The van der Waals surface area contributed by atoms with Crippen molar-refractivity contribution in [1.29, 1.82) is 0 Å². The van der Waals surface area contributed by atoms with Crippen LogP contribution in [-0.4, -0.2) is 28.4 Å². The number of ether oxygens (including phenoxy) is 1. The number of pyridine rings is 1. The first kappa shape index (κ1) is 12.9. The van der Waals surface area contributed by atoms with E-state index in [0.29, 0.717) is 5.56 Å². The molecule has 0 aliphatic carbocycles. The van der Waals surface area contributed by atoms with Crippen LogP contribution in [0.5, 0.6) is 0 Å². The third kappa shape index (κ3) is 3.14. The number of hydrogen-bond acceptors (Lipinski definition) is 5. The van der Waals surface area contributed by atoms with Gasteiger partial charge < -0.3 is 9.84 Å². The van der Waals surface area contributed by atoms with Crippen LogP contribution in [0.4, 0.5) is 0 Å². The Balaban J connectivity index is 2.98. The molecule has 1 aromatic heterocycles. The predicted octanol–water partition coefficient (Wildman–Crippen LogP) is 1.50. The predicted molar refractivity (Wildman–Crippen MR) is 61.1 cm³/mol. The molecule has 17 heavy (non-hydrogen) atoms. The van der Waals surface area contributed by atoms with Crippen molar-refractivity contribution in [3.05, 3.63) is 35.7 Å². The van der Waals surface area contributed by atoms with Crippen LogP contribution in [0.3, 0.4) is 0 Å². The van der Waals surface area contributed by atoms with E-state index in [1.165, 1.54) is 31.5 Å². The Morgan fingerprint density at radius 1 is 1.35 bits per heavy atom. The smallest absolute Gasteiger partial charge is 0.379 e. The zero-order valence-electron chi connectivity index (χ0n) is 9.64. The second-order valence-electron chi connectivity index (χ2n) is 3.26. The summed E-state index contributed by atoms with van der Waals surface area (Å²) in [5.74, 6) is -2.06. The highest BCUT2D eigenvalue weighted by Crippen LogP contribution is 2.15. The molecule has 0 bridgehead atoms. The van der Waals surface area contributed by atoms with Gasteiger partial charge in [0.1, 0.15) is 5.76 Å². The van der Waals surface area contributed by atoms with E-state index in [9.17, 15) is 14.7 Å². The molecule has 0 saturated carbocycles. The normalized spacial score (nSPS) is 11.6. The van der Waals surface area contributed by atoms with Gasteiger partial charge in [-0.25, -0.2) is 4.79 Å². The highest BCUT2D eigenvalue weighted by Gasteiger charge is 2.20. The van der Waals surface area contributed by atoms with E-state index in [4.69, 9.17) is 0 Å². The number of nitrogens with zero attached hydrogens (tertiary/aromatic N) is 1. The number of aromatic nitrogens is 1. The van der Waals surface area contributed by atoms with Gasteiger partial charge in [-0.1, -0.05) is 0 Å². The fraction of sp³-hybridized carbons (Fsp3) is 0.250. The summed E-state index contributed by atoms with van der Waals surface area (Å²) < 4.78 is 4.56. The summed E-state index contributed by atoms with van der Waals surface area (Å²) in [6.07, 6.45) is 2.96. The lowest BCUT2D eigenvalue weighted by molar-refractivity contribution is -0.151. The quantitative estimate of drug-likeness (QED) is 0.370. The van der Waals surface area contributed by atoms with E-state index in [0.717, 1.165) is 0 Å².